The van der Waals surface area contributed by atoms with Gasteiger partial charge in [0.25, 0.3) is 5.91 Å². The second-order valence-electron chi connectivity index (χ2n) is 5.64. The summed E-state index contributed by atoms with van der Waals surface area (Å²) in [6, 6.07) is 7.82. The highest BCUT2D eigenvalue weighted by Crippen LogP contribution is 2.13. The molecule has 122 valence electrons. The van der Waals surface area contributed by atoms with Crippen molar-refractivity contribution in [2.75, 3.05) is 19.7 Å². The number of carbonyl (C=O) groups excluding carboxylic acids is 2. The molecule has 0 aliphatic rings. The van der Waals surface area contributed by atoms with E-state index in [2.05, 4.69) is 13.8 Å². The van der Waals surface area contributed by atoms with Crippen molar-refractivity contribution in [3.05, 3.63) is 35.4 Å². The van der Waals surface area contributed by atoms with Gasteiger partial charge in [0.05, 0.1) is 6.54 Å². The third kappa shape index (κ3) is 5.88. The number of carbonyl (C=O) groups is 2. The first-order valence-corrected chi connectivity index (χ1v) is 7.99. The maximum atomic E-state index is 12.4. The maximum Gasteiger partial charge on any atom is 0.302 e. The fraction of sp³-hybridized carbons (Fsp3) is 0.556. The molecular weight excluding hydrogens is 278 g/mol. The minimum atomic E-state index is -0.321. The molecule has 1 amide bonds. The van der Waals surface area contributed by atoms with Crippen LogP contribution in [0.4, 0.5) is 0 Å². The van der Waals surface area contributed by atoms with Gasteiger partial charge in [0.1, 0.15) is 6.61 Å². The molecule has 0 bridgehead atoms. The van der Waals surface area contributed by atoms with Gasteiger partial charge in [0, 0.05) is 19.0 Å². The highest BCUT2D eigenvalue weighted by molar-refractivity contribution is 5.94. The van der Waals surface area contributed by atoms with Crippen LogP contribution in [0.1, 0.15) is 50.0 Å². The molecule has 0 saturated carbocycles. The molecule has 1 rings (SSSR count). The fourth-order valence-corrected chi connectivity index (χ4v) is 2.22. The zero-order valence-corrected chi connectivity index (χ0v) is 14.1. The summed E-state index contributed by atoms with van der Waals surface area (Å²) in [4.78, 5) is 24.9. The van der Waals surface area contributed by atoms with E-state index in [1.165, 1.54) is 12.5 Å². The van der Waals surface area contributed by atoms with E-state index in [-0.39, 0.29) is 18.5 Å². The Morgan fingerprint density at radius 2 is 1.82 bits per heavy atom. The van der Waals surface area contributed by atoms with E-state index in [4.69, 9.17) is 4.74 Å². The van der Waals surface area contributed by atoms with E-state index in [0.717, 1.165) is 12.8 Å². The Morgan fingerprint density at radius 3 is 2.32 bits per heavy atom. The zero-order valence-electron chi connectivity index (χ0n) is 14.1. The predicted molar refractivity (Wildman–Crippen MR) is 87.8 cm³/mol. The van der Waals surface area contributed by atoms with Gasteiger partial charge in [-0.15, -0.1) is 0 Å². The highest BCUT2D eigenvalue weighted by atomic mass is 16.5. The van der Waals surface area contributed by atoms with E-state index in [9.17, 15) is 9.59 Å². The van der Waals surface area contributed by atoms with Crippen molar-refractivity contribution in [3.63, 3.8) is 0 Å². The number of ether oxygens (including phenoxy) is 1. The van der Waals surface area contributed by atoms with Gasteiger partial charge in [-0.2, -0.15) is 0 Å². The molecule has 0 aromatic heterocycles. The van der Waals surface area contributed by atoms with Gasteiger partial charge in [-0.3, -0.25) is 9.59 Å². The number of benzene rings is 1. The second-order valence-corrected chi connectivity index (χ2v) is 5.64. The summed E-state index contributed by atoms with van der Waals surface area (Å²) in [5, 5.41) is 0. The number of rotatable bonds is 8. The normalized spacial score (nSPS) is 11.8. The first kappa shape index (κ1) is 18.2. The van der Waals surface area contributed by atoms with Crippen molar-refractivity contribution >= 4 is 11.9 Å². The van der Waals surface area contributed by atoms with Crippen LogP contribution in [-0.4, -0.2) is 36.5 Å². The molecule has 4 nitrogen and oxygen atoms in total. The van der Waals surface area contributed by atoms with Gasteiger partial charge in [-0.1, -0.05) is 32.4 Å². The first-order chi connectivity index (χ1) is 10.5. The molecule has 1 aromatic rings. The number of hydrogen-bond acceptors (Lipinski definition) is 3. The molecule has 1 atom stereocenters. The monoisotopic (exact) mass is 305 g/mol. The number of amides is 1. The highest BCUT2D eigenvalue weighted by Gasteiger charge is 2.14. The molecule has 0 aliphatic carbocycles. The Morgan fingerprint density at radius 1 is 1.18 bits per heavy atom. The van der Waals surface area contributed by atoms with Crippen LogP contribution in [0.5, 0.6) is 0 Å². The van der Waals surface area contributed by atoms with Crippen LogP contribution in [0.15, 0.2) is 24.3 Å². The predicted octanol–water partition coefficient (Wildman–Crippen LogP) is 3.30. The van der Waals surface area contributed by atoms with E-state index in [1.807, 2.05) is 31.2 Å². The largest absolute Gasteiger partial charge is 0.464 e. The van der Waals surface area contributed by atoms with Crippen LogP contribution in [-0.2, 0) is 16.0 Å². The molecule has 0 N–H and O–H groups in total. The first-order valence-electron chi connectivity index (χ1n) is 7.99. The molecule has 1 aromatic carbocycles. The molecule has 22 heavy (non-hydrogen) atoms. The summed E-state index contributed by atoms with van der Waals surface area (Å²) < 4.78 is 4.90. The van der Waals surface area contributed by atoms with Crippen molar-refractivity contribution in [3.8, 4) is 0 Å². The SMILES string of the molecule is CC[C@@H](C)Cc1ccc(C(=O)N(CC)CCOC(C)=O)cc1. The zero-order chi connectivity index (χ0) is 16.5. The third-order valence-electron chi connectivity index (χ3n) is 3.82. The van der Waals surface area contributed by atoms with Crippen molar-refractivity contribution in [1.82, 2.24) is 4.90 Å². The quantitative estimate of drug-likeness (QED) is 0.692. The van der Waals surface area contributed by atoms with E-state index in [1.54, 1.807) is 4.90 Å². The average Bonchev–Trinajstić information content (AvgIpc) is 2.51. The van der Waals surface area contributed by atoms with Crippen LogP contribution < -0.4 is 0 Å². The summed E-state index contributed by atoms with van der Waals surface area (Å²) in [5.41, 5.74) is 1.94. The van der Waals surface area contributed by atoms with Crippen molar-refractivity contribution in [1.29, 1.82) is 0 Å². The summed E-state index contributed by atoms with van der Waals surface area (Å²) >= 11 is 0. The molecule has 0 aliphatic heterocycles. The molecule has 0 heterocycles. The van der Waals surface area contributed by atoms with Gasteiger partial charge < -0.3 is 9.64 Å². The lowest BCUT2D eigenvalue weighted by Crippen LogP contribution is -2.34. The van der Waals surface area contributed by atoms with Gasteiger partial charge in [0.2, 0.25) is 0 Å². The minimum absolute atomic E-state index is 0.0234. The second kappa shape index (κ2) is 9.23. The molecule has 4 heteroatoms. The van der Waals surface area contributed by atoms with E-state index >= 15 is 0 Å². The van der Waals surface area contributed by atoms with Crippen LogP contribution >= 0.6 is 0 Å². The number of esters is 1. The lowest BCUT2D eigenvalue weighted by molar-refractivity contribution is -0.141. The van der Waals surface area contributed by atoms with Crippen LogP contribution in [0, 0.1) is 5.92 Å². The van der Waals surface area contributed by atoms with E-state index in [0.29, 0.717) is 24.6 Å². The molecule has 0 fully saturated rings. The van der Waals surface area contributed by atoms with Crippen LogP contribution in [0.3, 0.4) is 0 Å². The Kier molecular flexibility index (Phi) is 7.64. The topological polar surface area (TPSA) is 46.6 Å². The van der Waals surface area contributed by atoms with Crippen LogP contribution in [0.2, 0.25) is 0 Å². The van der Waals surface area contributed by atoms with Gasteiger partial charge in [0.15, 0.2) is 0 Å². The number of likely N-dealkylation sites (N-methyl/N-ethyl adjacent to an activating group) is 1. The molecule has 0 radical (unpaired) electrons. The van der Waals surface area contributed by atoms with Crippen molar-refractivity contribution in [2.24, 2.45) is 5.92 Å². The lowest BCUT2D eigenvalue weighted by Gasteiger charge is -2.20. The average molecular weight is 305 g/mol. The van der Waals surface area contributed by atoms with Gasteiger partial charge >= 0.3 is 5.97 Å². The molecule has 0 saturated heterocycles. The molecular formula is C18H27NO3. The smallest absolute Gasteiger partial charge is 0.302 e. The number of hydrogen-bond donors (Lipinski definition) is 0. The van der Waals surface area contributed by atoms with Gasteiger partial charge in [-0.05, 0) is 37.0 Å². The number of nitrogens with zero attached hydrogens (tertiary/aromatic N) is 1. The summed E-state index contributed by atoms with van der Waals surface area (Å²) in [7, 11) is 0. The fourth-order valence-electron chi connectivity index (χ4n) is 2.22. The van der Waals surface area contributed by atoms with Gasteiger partial charge in [-0.25, -0.2) is 0 Å². The van der Waals surface area contributed by atoms with Crippen molar-refractivity contribution in [2.45, 2.75) is 40.5 Å². The summed E-state index contributed by atoms with van der Waals surface area (Å²) in [6.07, 6.45) is 2.19. The lowest BCUT2D eigenvalue weighted by atomic mass is 9.98. The Bertz CT molecular complexity index is 482. The maximum absolute atomic E-state index is 12.4. The standard InChI is InChI=1S/C18H27NO3/c1-5-14(3)13-16-7-9-17(10-8-16)18(21)19(6-2)11-12-22-15(4)20/h7-10,14H,5-6,11-13H2,1-4H3/t14-/m1/s1. The van der Waals surface area contributed by atoms with Crippen molar-refractivity contribution < 1.29 is 14.3 Å². The Labute approximate surface area is 133 Å². The molecule has 0 spiro atoms. The minimum Gasteiger partial charge on any atom is -0.464 e. The summed E-state index contributed by atoms with van der Waals surface area (Å²) in [6.45, 7) is 8.95. The Balaban J connectivity index is 2.64. The Hall–Kier alpha value is -1.84. The third-order valence-corrected chi connectivity index (χ3v) is 3.82. The van der Waals surface area contributed by atoms with E-state index < -0.39 is 0 Å². The van der Waals surface area contributed by atoms with Crippen LogP contribution in [0.25, 0.3) is 0 Å². The molecule has 0 unspecified atom stereocenters. The summed E-state index contributed by atoms with van der Waals surface area (Å²) in [5.74, 6) is 0.306.